The number of carbonyl (C=O) groups excluding carboxylic acids is 3. The molecule has 0 bridgehead atoms. The molecule has 10 heteroatoms. The van der Waals surface area contributed by atoms with Gasteiger partial charge in [0.1, 0.15) is 23.8 Å². The fourth-order valence-electron chi connectivity index (χ4n) is 5.07. The maximum atomic E-state index is 14.0. The fourth-order valence-corrected chi connectivity index (χ4v) is 5.07. The van der Waals surface area contributed by atoms with Gasteiger partial charge in [-0.3, -0.25) is 14.4 Å². The van der Waals surface area contributed by atoms with Crippen LogP contribution in [0.4, 0.5) is 8.78 Å². The molecule has 0 saturated heterocycles. The van der Waals surface area contributed by atoms with E-state index in [0.29, 0.717) is 35.8 Å². The zero-order valence-corrected chi connectivity index (χ0v) is 25.5. The molecule has 0 heterocycles. The van der Waals surface area contributed by atoms with Gasteiger partial charge in [-0.05, 0) is 86.7 Å². The first-order valence-electron chi connectivity index (χ1n) is 14.8. The summed E-state index contributed by atoms with van der Waals surface area (Å²) in [5.41, 5.74) is 1.62. The van der Waals surface area contributed by atoms with Gasteiger partial charge < -0.3 is 25.7 Å². The van der Waals surface area contributed by atoms with Gasteiger partial charge in [0.25, 0.3) is 17.7 Å². The number of amides is 3. The third-order valence-electron chi connectivity index (χ3n) is 7.22. The minimum atomic E-state index is -1.66. The predicted molar refractivity (Wildman–Crippen MR) is 164 cm³/mol. The molecule has 0 aliphatic heterocycles. The molecule has 0 radical (unpaired) electrons. The Bertz CT molecular complexity index is 1410. The van der Waals surface area contributed by atoms with Crippen LogP contribution in [0.3, 0.4) is 0 Å². The third kappa shape index (κ3) is 9.42. The number of nitrogens with zero attached hydrogens (tertiary/aromatic N) is 1. The van der Waals surface area contributed by atoms with E-state index in [1.54, 1.807) is 54.3 Å². The van der Waals surface area contributed by atoms with Crippen molar-refractivity contribution in [3.8, 4) is 0 Å². The Morgan fingerprint density at radius 2 is 1.34 bits per heavy atom. The van der Waals surface area contributed by atoms with E-state index in [1.165, 1.54) is 13.0 Å². The van der Waals surface area contributed by atoms with Gasteiger partial charge in [-0.25, -0.2) is 8.78 Å². The third-order valence-corrected chi connectivity index (χ3v) is 7.22. The highest BCUT2D eigenvalue weighted by atomic mass is 19.1. The van der Waals surface area contributed by atoms with Crippen LogP contribution in [0.15, 0.2) is 66.7 Å². The molecule has 0 unspecified atom stereocenters. The molecule has 4 atom stereocenters. The van der Waals surface area contributed by atoms with E-state index in [9.17, 15) is 33.4 Å². The summed E-state index contributed by atoms with van der Waals surface area (Å²) in [4.78, 5) is 41.2. The van der Waals surface area contributed by atoms with Gasteiger partial charge in [0.2, 0.25) is 0 Å². The quantitative estimate of drug-likeness (QED) is 0.216. The van der Waals surface area contributed by atoms with Gasteiger partial charge in [-0.15, -0.1) is 0 Å². The zero-order chi connectivity index (χ0) is 32.4. The maximum absolute atomic E-state index is 14.0. The average Bonchev–Trinajstić information content (AvgIpc) is 2.99. The molecule has 0 aliphatic rings. The molecule has 3 aromatic rings. The molecule has 3 aromatic carbocycles. The molecule has 8 nitrogen and oxygen atoms in total. The number of aryl methyl sites for hydroxylation is 1. The summed E-state index contributed by atoms with van der Waals surface area (Å²) in [5.74, 6) is -3.02. The SMILES string of the molecule is CCCN(CCC)C(=O)c1cc(C)cc(C(=O)N[C@H](Cc2cc(F)cc(F)c2)[C@@H](O)[C@H](O)[C@H](C)NC(=O)c2ccccc2)c1. The number of nitrogens with one attached hydrogen (secondary N) is 2. The molecule has 4 N–H and O–H groups in total. The van der Waals surface area contributed by atoms with Crippen molar-refractivity contribution in [1.29, 1.82) is 0 Å². The molecule has 236 valence electrons. The molecule has 0 aromatic heterocycles. The lowest BCUT2D eigenvalue weighted by Gasteiger charge is -2.31. The maximum Gasteiger partial charge on any atom is 0.253 e. The summed E-state index contributed by atoms with van der Waals surface area (Å²) in [7, 11) is 0. The zero-order valence-electron chi connectivity index (χ0n) is 25.5. The van der Waals surface area contributed by atoms with E-state index >= 15 is 0 Å². The topological polar surface area (TPSA) is 119 Å². The van der Waals surface area contributed by atoms with Crippen LogP contribution in [0.25, 0.3) is 0 Å². The highest BCUT2D eigenvalue weighted by molar-refractivity contribution is 6.00. The van der Waals surface area contributed by atoms with Crippen molar-refractivity contribution >= 4 is 17.7 Å². The largest absolute Gasteiger partial charge is 0.388 e. The Labute approximate surface area is 257 Å². The second kappa shape index (κ2) is 16.1. The Hall–Kier alpha value is -4.15. The Balaban J connectivity index is 1.88. The Morgan fingerprint density at radius 1 is 0.773 bits per heavy atom. The first-order valence-corrected chi connectivity index (χ1v) is 14.8. The van der Waals surface area contributed by atoms with Gasteiger partial charge in [-0.2, -0.15) is 0 Å². The van der Waals surface area contributed by atoms with Crippen LogP contribution in [-0.2, 0) is 6.42 Å². The standard InChI is InChI=1S/C34H41F2N3O5/c1-5-12-39(13-6-2)34(44)26-15-21(3)14-25(19-26)33(43)38-29(18-23-16-27(35)20-28(36)17-23)31(41)30(40)22(4)37-32(42)24-10-8-7-9-11-24/h7-11,14-17,19-20,22,29-31,40-41H,5-6,12-13,18H2,1-4H3,(H,37,42)(H,38,43)/t22-,29+,30+,31+/m0/s1. The molecule has 0 fully saturated rings. The number of benzene rings is 3. The normalized spacial score (nSPS) is 13.8. The minimum absolute atomic E-state index is 0.134. The highest BCUT2D eigenvalue weighted by Crippen LogP contribution is 2.18. The summed E-state index contributed by atoms with van der Waals surface area (Å²) in [6.45, 7) is 8.33. The van der Waals surface area contributed by atoms with Crippen molar-refractivity contribution in [2.75, 3.05) is 13.1 Å². The van der Waals surface area contributed by atoms with Crippen molar-refractivity contribution < 1.29 is 33.4 Å². The highest BCUT2D eigenvalue weighted by Gasteiger charge is 2.33. The van der Waals surface area contributed by atoms with Crippen LogP contribution in [-0.4, -0.2) is 70.2 Å². The number of carbonyl (C=O) groups is 3. The molecule has 0 aliphatic carbocycles. The van der Waals surface area contributed by atoms with Crippen LogP contribution in [0.5, 0.6) is 0 Å². The molecule has 44 heavy (non-hydrogen) atoms. The van der Waals surface area contributed by atoms with Crippen LogP contribution < -0.4 is 10.6 Å². The minimum Gasteiger partial charge on any atom is -0.388 e. The van der Waals surface area contributed by atoms with Crippen molar-refractivity contribution in [1.82, 2.24) is 15.5 Å². The summed E-state index contributed by atoms with van der Waals surface area (Å²) in [6.07, 6.45) is -1.92. The molecule has 0 saturated carbocycles. The van der Waals surface area contributed by atoms with Crippen molar-refractivity contribution in [2.45, 2.75) is 71.2 Å². The second-order valence-electron chi connectivity index (χ2n) is 11.1. The molecule has 3 rings (SSSR count). The monoisotopic (exact) mass is 609 g/mol. The smallest absolute Gasteiger partial charge is 0.253 e. The molecular formula is C34H41F2N3O5. The number of aliphatic hydroxyl groups is 2. The number of halogens is 2. The van der Waals surface area contributed by atoms with E-state index in [0.717, 1.165) is 25.0 Å². The summed E-state index contributed by atoms with van der Waals surface area (Å²) < 4.78 is 28.0. The van der Waals surface area contributed by atoms with Crippen LogP contribution in [0.2, 0.25) is 0 Å². The lowest BCUT2D eigenvalue weighted by Crippen LogP contribution is -2.55. The lowest BCUT2D eigenvalue weighted by molar-refractivity contribution is -0.0187. The van der Waals surface area contributed by atoms with Crippen molar-refractivity contribution in [3.05, 3.63) is 106 Å². The summed E-state index contributed by atoms with van der Waals surface area (Å²) in [6, 6.07) is 13.7. The Kier molecular flexibility index (Phi) is 12.5. The summed E-state index contributed by atoms with van der Waals surface area (Å²) in [5, 5.41) is 27.6. The second-order valence-corrected chi connectivity index (χ2v) is 11.1. The molecular weight excluding hydrogens is 568 g/mol. The lowest BCUT2D eigenvalue weighted by atomic mass is 9.93. The van der Waals surface area contributed by atoms with E-state index in [1.807, 2.05) is 13.8 Å². The van der Waals surface area contributed by atoms with Gasteiger partial charge in [0.05, 0.1) is 12.1 Å². The number of rotatable bonds is 14. The predicted octanol–water partition coefficient (Wildman–Crippen LogP) is 4.42. The van der Waals surface area contributed by atoms with Gasteiger partial charge in [0.15, 0.2) is 0 Å². The molecule has 3 amide bonds. The van der Waals surface area contributed by atoms with E-state index in [2.05, 4.69) is 10.6 Å². The van der Waals surface area contributed by atoms with E-state index in [-0.39, 0.29) is 23.5 Å². The molecule has 0 spiro atoms. The van der Waals surface area contributed by atoms with Crippen molar-refractivity contribution in [2.24, 2.45) is 0 Å². The van der Waals surface area contributed by atoms with Crippen molar-refractivity contribution in [3.63, 3.8) is 0 Å². The van der Waals surface area contributed by atoms with Gasteiger partial charge in [0, 0.05) is 35.8 Å². The van der Waals surface area contributed by atoms with Gasteiger partial charge >= 0.3 is 0 Å². The van der Waals surface area contributed by atoms with Crippen LogP contribution >= 0.6 is 0 Å². The van der Waals surface area contributed by atoms with Crippen LogP contribution in [0.1, 0.15) is 75.8 Å². The summed E-state index contributed by atoms with van der Waals surface area (Å²) >= 11 is 0. The van der Waals surface area contributed by atoms with Gasteiger partial charge in [-0.1, -0.05) is 32.0 Å². The number of aliphatic hydroxyl groups excluding tert-OH is 2. The fraction of sp³-hybridized carbons (Fsp3) is 0.382. The number of hydrogen-bond acceptors (Lipinski definition) is 5. The average molecular weight is 610 g/mol. The first-order chi connectivity index (χ1) is 20.9. The Morgan fingerprint density at radius 3 is 1.93 bits per heavy atom. The van der Waals surface area contributed by atoms with E-state index < -0.39 is 47.7 Å². The van der Waals surface area contributed by atoms with E-state index in [4.69, 9.17) is 0 Å². The van der Waals surface area contributed by atoms with Crippen LogP contribution in [0, 0.1) is 18.6 Å². The first kappa shape index (κ1) is 34.3. The number of hydrogen-bond donors (Lipinski definition) is 4.